The number of thioether (sulfide) groups is 1. The van der Waals surface area contributed by atoms with Gasteiger partial charge in [-0.2, -0.15) is 11.8 Å². The molecule has 1 aliphatic heterocycles. The minimum absolute atomic E-state index is 0.332. The molecule has 0 spiro atoms. The Labute approximate surface area is 150 Å². The number of rotatable bonds is 14. The summed E-state index contributed by atoms with van der Waals surface area (Å²) in [6, 6.07) is 2.92. The topological polar surface area (TPSA) is 20.2 Å². The molecule has 1 N–H and O–H groups in total. The fourth-order valence-corrected chi connectivity index (χ4v) is 6.06. The zero-order chi connectivity index (χ0) is 16.6. The van der Waals surface area contributed by atoms with E-state index in [-0.39, 0.29) is 0 Å². The Bertz CT molecular complexity index is 330. The van der Waals surface area contributed by atoms with Gasteiger partial charge >= 0.3 is 0 Å². The highest BCUT2D eigenvalue weighted by atomic mass is 32.2. The molecule has 0 aromatic heterocycles. The first kappa shape index (κ1) is 21.1. The molecule has 23 heavy (non-hydrogen) atoms. The van der Waals surface area contributed by atoms with Gasteiger partial charge in [-0.15, -0.1) is 11.5 Å². The molecule has 0 aliphatic carbocycles. The maximum Gasteiger partial charge on any atom is 0.135 e. The molecule has 1 heterocycles. The highest BCUT2D eigenvalue weighted by molar-refractivity contribution is 7.99. The predicted octanol–water partition coefficient (Wildman–Crippen LogP) is 6.03. The predicted molar refractivity (Wildman–Crippen MR) is 109 cm³/mol. The Morgan fingerprint density at radius 1 is 0.826 bits per heavy atom. The van der Waals surface area contributed by atoms with Crippen LogP contribution in [0.1, 0.15) is 77.0 Å². The maximum absolute atomic E-state index is 8.69. The first-order valence-corrected chi connectivity index (χ1v) is 14.0. The molecule has 0 atom stereocenters. The Morgan fingerprint density at radius 2 is 1.39 bits per heavy atom. The number of hydrogen-bond acceptors (Lipinski definition) is 2. The summed E-state index contributed by atoms with van der Waals surface area (Å²) < 4.78 is 0. The zero-order valence-corrected chi connectivity index (χ0v) is 17.2. The standard InChI is InChI=1S/C20H38OSSi/c1-23(19-14-20-23)18-13-11-9-7-5-3-2-4-6-8-10-12-16-22-17-15-21/h21H,2-12,14-17,19-20H2,1H3. The average molecular weight is 355 g/mol. The average Bonchev–Trinajstić information content (AvgIpc) is 2.53. The van der Waals surface area contributed by atoms with Crippen molar-refractivity contribution in [2.75, 3.05) is 18.1 Å². The van der Waals surface area contributed by atoms with Crippen molar-refractivity contribution in [1.82, 2.24) is 0 Å². The molecule has 1 aliphatic rings. The minimum Gasteiger partial charge on any atom is -0.396 e. The van der Waals surface area contributed by atoms with Gasteiger partial charge in [0.05, 0.1) is 6.61 Å². The van der Waals surface area contributed by atoms with Crippen LogP contribution >= 0.6 is 11.8 Å². The van der Waals surface area contributed by atoms with E-state index in [1.165, 1.54) is 88.5 Å². The fraction of sp³-hybridized carbons (Fsp3) is 0.900. The molecule has 0 aromatic rings. The Balaban J connectivity index is 1.71. The van der Waals surface area contributed by atoms with E-state index < -0.39 is 8.07 Å². The van der Waals surface area contributed by atoms with Gasteiger partial charge in [-0.05, 0) is 30.7 Å². The summed E-state index contributed by atoms with van der Waals surface area (Å²) in [5, 5.41) is 8.69. The van der Waals surface area contributed by atoms with Crippen LogP contribution < -0.4 is 0 Å². The Kier molecular flexibility index (Phi) is 13.3. The number of unbranched alkanes of at least 4 members (excludes halogenated alkanes) is 10. The number of aliphatic hydroxyl groups excluding tert-OH is 1. The van der Waals surface area contributed by atoms with Crippen molar-refractivity contribution in [2.45, 2.75) is 95.7 Å². The van der Waals surface area contributed by atoms with Crippen LogP contribution in [0, 0.1) is 11.5 Å². The second kappa shape index (κ2) is 14.4. The highest BCUT2D eigenvalue weighted by Crippen LogP contribution is 2.31. The van der Waals surface area contributed by atoms with Crippen LogP contribution in [0.4, 0.5) is 0 Å². The molecule has 0 unspecified atom stereocenters. The van der Waals surface area contributed by atoms with Crippen molar-refractivity contribution in [1.29, 1.82) is 0 Å². The van der Waals surface area contributed by atoms with Crippen molar-refractivity contribution in [2.24, 2.45) is 0 Å². The third-order valence-electron chi connectivity index (χ3n) is 4.92. The largest absolute Gasteiger partial charge is 0.396 e. The van der Waals surface area contributed by atoms with E-state index in [0.717, 1.165) is 12.2 Å². The van der Waals surface area contributed by atoms with Crippen LogP contribution in [0.2, 0.25) is 18.6 Å². The van der Waals surface area contributed by atoms with E-state index in [1.54, 1.807) is 0 Å². The first-order valence-electron chi connectivity index (χ1n) is 9.95. The van der Waals surface area contributed by atoms with E-state index in [9.17, 15) is 0 Å². The van der Waals surface area contributed by atoms with Crippen LogP contribution in [0.15, 0.2) is 0 Å². The summed E-state index contributed by atoms with van der Waals surface area (Å²) in [6.45, 7) is 2.79. The maximum atomic E-state index is 8.69. The van der Waals surface area contributed by atoms with Crippen molar-refractivity contribution in [3.05, 3.63) is 0 Å². The van der Waals surface area contributed by atoms with Gasteiger partial charge in [-0.1, -0.05) is 64.3 Å². The molecule has 134 valence electrons. The van der Waals surface area contributed by atoms with Gasteiger partial charge in [0, 0.05) is 12.2 Å². The normalized spacial score (nSPS) is 15.7. The highest BCUT2D eigenvalue weighted by Gasteiger charge is 2.32. The summed E-state index contributed by atoms with van der Waals surface area (Å²) in [7, 11) is -0.977. The molecule has 0 aromatic carbocycles. The summed E-state index contributed by atoms with van der Waals surface area (Å²) in [5.74, 6) is 5.60. The number of aliphatic hydroxyl groups is 1. The van der Waals surface area contributed by atoms with E-state index >= 15 is 0 Å². The van der Waals surface area contributed by atoms with Crippen molar-refractivity contribution >= 4 is 19.8 Å². The molecule has 1 fully saturated rings. The van der Waals surface area contributed by atoms with Crippen LogP contribution in [0.5, 0.6) is 0 Å². The van der Waals surface area contributed by atoms with Gasteiger partial charge < -0.3 is 5.11 Å². The molecule has 3 heteroatoms. The number of hydrogen-bond donors (Lipinski definition) is 1. The lowest BCUT2D eigenvalue weighted by Gasteiger charge is -2.30. The molecule has 0 radical (unpaired) electrons. The van der Waals surface area contributed by atoms with Crippen molar-refractivity contribution < 1.29 is 5.11 Å². The van der Waals surface area contributed by atoms with E-state index in [2.05, 4.69) is 18.0 Å². The molecule has 1 nitrogen and oxygen atoms in total. The van der Waals surface area contributed by atoms with Gasteiger partial charge in [0.2, 0.25) is 0 Å². The quantitative estimate of drug-likeness (QED) is 0.233. The summed E-state index contributed by atoms with van der Waals surface area (Å²) >= 11 is 1.88. The third-order valence-corrected chi connectivity index (χ3v) is 9.67. The van der Waals surface area contributed by atoms with E-state index in [1.807, 2.05) is 11.8 Å². The van der Waals surface area contributed by atoms with Gasteiger partial charge in [-0.3, -0.25) is 0 Å². The monoisotopic (exact) mass is 354 g/mol. The molecule has 0 saturated carbocycles. The summed E-state index contributed by atoms with van der Waals surface area (Å²) in [6.07, 6.45) is 16.5. The van der Waals surface area contributed by atoms with Crippen LogP contribution in [0.3, 0.4) is 0 Å². The molecule has 0 amide bonds. The lowest BCUT2D eigenvalue weighted by molar-refractivity contribution is 0.322. The second-order valence-corrected chi connectivity index (χ2v) is 12.9. The smallest absolute Gasteiger partial charge is 0.135 e. The van der Waals surface area contributed by atoms with E-state index in [4.69, 9.17) is 5.11 Å². The molecular formula is C20H38OSSi. The molecular weight excluding hydrogens is 316 g/mol. The van der Waals surface area contributed by atoms with Gasteiger partial charge in [-0.25, -0.2) is 0 Å². The fourth-order valence-electron chi connectivity index (χ4n) is 3.11. The Morgan fingerprint density at radius 3 is 1.91 bits per heavy atom. The zero-order valence-electron chi connectivity index (χ0n) is 15.4. The van der Waals surface area contributed by atoms with E-state index in [0.29, 0.717) is 6.61 Å². The third kappa shape index (κ3) is 12.1. The lowest BCUT2D eigenvalue weighted by atomic mass is 10.1. The van der Waals surface area contributed by atoms with Crippen LogP contribution in [-0.2, 0) is 0 Å². The lowest BCUT2D eigenvalue weighted by Crippen LogP contribution is -2.36. The molecule has 0 bridgehead atoms. The molecule has 1 saturated heterocycles. The first-order chi connectivity index (χ1) is 11.3. The SMILES string of the molecule is C[Si]1(C#CCCCCCCCCCCCCSCCO)CCC1. The summed E-state index contributed by atoms with van der Waals surface area (Å²) in [4.78, 5) is 0. The van der Waals surface area contributed by atoms with Gasteiger partial charge in [0.15, 0.2) is 0 Å². The molecule has 1 rings (SSSR count). The summed E-state index contributed by atoms with van der Waals surface area (Å²) in [5.41, 5.74) is 3.62. The van der Waals surface area contributed by atoms with Crippen LogP contribution in [-0.4, -0.2) is 31.3 Å². The minimum atomic E-state index is -0.977. The Hall–Kier alpha value is 0.0869. The van der Waals surface area contributed by atoms with Crippen molar-refractivity contribution in [3.8, 4) is 11.5 Å². The second-order valence-electron chi connectivity index (χ2n) is 7.34. The van der Waals surface area contributed by atoms with Gasteiger partial charge in [0.1, 0.15) is 8.07 Å². The van der Waals surface area contributed by atoms with Gasteiger partial charge in [0.25, 0.3) is 0 Å². The van der Waals surface area contributed by atoms with Crippen molar-refractivity contribution in [3.63, 3.8) is 0 Å². The van der Waals surface area contributed by atoms with Crippen LogP contribution in [0.25, 0.3) is 0 Å².